The van der Waals surface area contributed by atoms with E-state index < -0.39 is 136 Å². The second-order valence-corrected chi connectivity index (χ2v) is 12.9. The molecule has 0 atom stereocenters. The third kappa shape index (κ3) is 6.14. The zero-order valence-electron chi connectivity index (χ0n) is 46.5. The maximum Gasteiger partial charge on any atom is 0.0645 e. The van der Waals surface area contributed by atoms with E-state index in [1.54, 1.807) is 36.4 Å². The molecule has 2 nitrogen and oxygen atoms in total. The Kier molecular flexibility index (Phi) is 5.10. The molecule has 0 saturated carbocycles. The highest BCUT2D eigenvalue weighted by atomic mass is 15.1. The van der Waals surface area contributed by atoms with Gasteiger partial charge in [0.25, 0.3) is 0 Å². The van der Waals surface area contributed by atoms with Crippen LogP contribution in [-0.4, -0.2) is 4.57 Å². The predicted octanol–water partition coefficient (Wildman–Crippen LogP) is 14.9. The molecule has 0 spiro atoms. The molecule has 56 heavy (non-hydrogen) atoms. The fourth-order valence-corrected chi connectivity index (χ4v) is 6.97. The summed E-state index contributed by atoms with van der Waals surface area (Å²) < 4.78 is 157. The highest BCUT2D eigenvalue weighted by Gasteiger charge is 2.19. The SMILES string of the molecule is [2H]c1c([2H])c([2H])c(-c2c([2H])c([2H])c(N(c3ccc(-c4ccccc4)cc3)c3c([2H])c([2H])c(-c4ccc5c(c4)c4ccccc4n5-c4ccccc4)c([2H])c3[2H])c(-c3c([2H])c([2H])c([2H])c([2H])c3[2H])c2[2H])c([2H])c1[2H]. The quantitative estimate of drug-likeness (QED) is 0.151. The van der Waals surface area contributed by atoms with Crippen molar-refractivity contribution in [2.24, 2.45) is 0 Å². The van der Waals surface area contributed by atoms with Crippen molar-refractivity contribution in [2.45, 2.75) is 0 Å². The largest absolute Gasteiger partial charge is 0.310 e. The molecule has 0 radical (unpaired) electrons. The van der Waals surface area contributed by atoms with E-state index in [9.17, 15) is 12.3 Å². The molecule has 0 unspecified atom stereocenters. The number of para-hydroxylation sites is 2. The third-order valence-corrected chi connectivity index (χ3v) is 9.56. The normalized spacial score (nSPS) is 15.5. The lowest BCUT2D eigenvalue weighted by atomic mass is 9.96. The monoisotopic (exact) mass is 731 g/mol. The van der Waals surface area contributed by atoms with Crippen molar-refractivity contribution in [1.29, 1.82) is 0 Å². The summed E-state index contributed by atoms with van der Waals surface area (Å²) in [7, 11) is 0. The maximum absolute atomic E-state index is 9.89. The molecule has 0 N–H and O–H groups in total. The van der Waals surface area contributed by atoms with Crippen LogP contribution >= 0.6 is 0 Å². The van der Waals surface area contributed by atoms with Crippen molar-refractivity contribution in [3.63, 3.8) is 0 Å². The van der Waals surface area contributed by atoms with Crippen molar-refractivity contribution >= 4 is 38.9 Å². The van der Waals surface area contributed by atoms with Gasteiger partial charge in [-0.25, -0.2) is 0 Å². The Morgan fingerprint density at radius 2 is 0.946 bits per heavy atom. The second-order valence-electron chi connectivity index (χ2n) is 12.9. The van der Waals surface area contributed by atoms with E-state index in [0.717, 1.165) is 38.0 Å². The van der Waals surface area contributed by atoms with Crippen LogP contribution < -0.4 is 4.90 Å². The molecule has 1 aromatic heterocycles. The van der Waals surface area contributed by atoms with Crippen molar-refractivity contribution in [3.05, 3.63) is 230 Å². The van der Waals surface area contributed by atoms with Crippen LogP contribution in [0.15, 0.2) is 230 Å². The number of hydrogen-bond acceptors (Lipinski definition) is 1. The summed E-state index contributed by atoms with van der Waals surface area (Å²) in [6.45, 7) is 0. The van der Waals surface area contributed by atoms with E-state index in [4.69, 9.17) is 11.0 Å². The lowest BCUT2D eigenvalue weighted by molar-refractivity contribution is 1.18. The van der Waals surface area contributed by atoms with Crippen LogP contribution in [0.2, 0.25) is 0 Å². The topological polar surface area (TPSA) is 8.17 Å². The minimum absolute atomic E-state index is 0.0415. The van der Waals surface area contributed by atoms with Gasteiger partial charge < -0.3 is 9.47 Å². The van der Waals surface area contributed by atoms with Crippen LogP contribution in [0.25, 0.3) is 72.0 Å². The summed E-state index contributed by atoms with van der Waals surface area (Å²) in [4.78, 5) is 1.09. The van der Waals surface area contributed by atoms with Crippen molar-refractivity contribution < 1.29 is 23.3 Å². The Bertz CT molecular complexity index is 3850. The minimum Gasteiger partial charge on any atom is -0.310 e. The lowest BCUT2D eigenvalue weighted by Crippen LogP contribution is -2.11. The molecule has 10 aromatic rings. The fourth-order valence-electron chi connectivity index (χ4n) is 6.97. The van der Waals surface area contributed by atoms with Gasteiger partial charge in [-0.3, -0.25) is 0 Å². The number of nitrogens with zero attached hydrogens (tertiary/aromatic N) is 2. The number of aromatic nitrogens is 1. The highest BCUT2D eigenvalue weighted by Crippen LogP contribution is 2.44. The van der Waals surface area contributed by atoms with Gasteiger partial charge in [-0.05, 0) is 106 Å². The van der Waals surface area contributed by atoms with Crippen LogP contribution in [0.3, 0.4) is 0 Å². The first-order valence-corrected chi connectivity index (χ1v) is 17.8. The summed E-state index contributed by atoms with van der Waals surface area (Å²) in [6, 6.07) is 25.3. The van der Waals surface area contributed by atoms with Crippen molar-refractivity contribution in [1.82, 2.24) is 4.57 Å². The zero-order chi connectivity index (χ0) is 52.1. The number of benzene rings is 9. The molecule has 264 valence electrons. The molecular weight excluding hydrogens is 677 g/mol. The van der Waals surface area contributed by atoms with Crippen LogP contribution in [0.1, 0.15) is 23.3 Å². The van der Waals surface area contributed by atoms with Crippen LogP contribution in [0, 0.1) is 0 Å². The Balaban J connectivity index is 1.31. The van der Waals surface area contributed by atoms with Crippen LogP contribution in [-0.2, 0) is 0 Å². The number of fused-ring (bicyclic) bond motifs is 3. The first-order chi connectivity index (χ1) is 34.9. The second kappa shape index (κ2) is 14.4. The molecule has 0 fully saturated rings. The molecular formula is C54H38N2. The van der Waals surface area contributed by atoms with Gasteiger partial charge in [-0.2, -0.15) is 0 Å². The molecule has 2 heteroatoms. The Morgan fingerprint density at radius 3 is 1.68 bits per heavy atom. The Hall–Kier alpha value is -7.42. The molecule has 0 aliphatic rings. The van der Waals surface area contributed by atoms with E-state index >= 15 is 0 Å². The number of hydrogen-bond donors (Lipinski definition) is 0. The van der Waals surface area contributed by atoms with Gasteiger partial charge >= 0.3 is 0 Å². The summed E-state index contributed by atoms with van der Waals surface area (Å²) in [5, 5.41) is 1.64. The first kappa shape index (κ1) is 19.8. The van der Waals surface area contributed by atoms with Crippen molar-refractivity contribution in [3.8, 4) is 50.2 Å². The molecule has 10 rings (SSSR count). The molecule has 0 bridgehead atoms. The van der Waals surface area contributed by atoms with E-state index in [0.29, 0.717) is 11.1 Å². The van der Waals surface area contributed by atoms with E-state index in [1.165, 1.54) is 0 Å². The number of anilines is 3. The molecule has 0 aliphatic carbocycles. The average Bonchev–Trinajstić information content (AvgIpc) is 3.74. The van der Waals surface area contributed by atoms with E-state index in [-0.39, 0.29) is 11.3 Å². The van der Waals surface area contributed by atoms with Gasteiger partial charge in [-0.1, -0.05) is 163 Å². The summed E-state index contributed by atoms with van der Waals surface area (Å²) >= 11 is 0. The van der Waals surface area contributed by atoms with Gasteiger partial charge in [-0.15, -0.1) is 0 Å². The highest BCUT2D eigenvalue weighted by molar-refractivity contribution is 6.10. The van der Waals surface area contributed by atoms with Gasteiger partial charge in [0.05, 0.1) is 40.0 Å². The van der Waals surface area contributed by atoms with E-state index in [2.05, 4.69) is 4.57 Å². The zero-order valence-corrected chi connectivity index (χ0v) is 29.5. The molecule has 0 saturated heterocycles. The maximum atomic E-state index is 9.89. The smallest absolute Gasteiger partial charge is 0.0645 e. The molecule has 0 amide bonds. The number of rotatable bonds is 8. The van der Waals surface area contributed by atoms with Crippen LogP contribution in [0.5, 0.6) is 0 Å². The standard InChI is InChI=1S/C54H38N2/c1-5-15-39(16-6-1)41-25-31-47(32-26-41)55(53-35-29-44(40-17-7-2-8-18-40)37-50(53)43-19-9-3-10-20-43)48-33-27-42(28-34-48)45-30-36-54-51(38-45)49-23-13-14-24-52(49)56(54)46-21-11-4-12-22-46/h1-38H/i2D,3D,7D,8D,9D,10D,17D,18D,19D,20D,27D,28D,29D,33D,34D,35D,37D. The average molecular weight is 732 g/mol. The third-order valence-electron chi connectivity index (χ3n) is 9.56. The molecule has 0 aliphatic heterocycles. The molecule has 1 heterocycles. The molecule has 9 aromatic carbocycles. The predicted molar refractivity (Wildman–Crippen MR) is 237 cm³/mol. The van der Waals surface area contributed by atoms with E-state index in [1.807, 2.05) is 91.0 Å². The van der Waals surface area contributed by atoms with Gasteiger partial charge in [0.2, 0.25) is 0 Å². The lowest BCUT2D eigenvalue weighted by Gasteiger charge is -2.29. The summed E-state index contributed by atoms with van der Waals surface area (Å²) in [5.74, 6) is 0. The Morgan fingerprint density at radius 1 is 0.375 bits per heavy atom. The summed E-state index contributed by atoms with van der Waals surface area (Å²) in [5.41, 5.74) is 0.666. The Labute approximate surface area is 351 Å². The van der Waals surface area contributed by atoms with Crippen molar-refractivity contribution in [2.75, 3.05) is 4.90 Å². The first-order valence-electron chi connectivity index (χ1n) is 26.3. The summed E-state index contributed by atoms with van der Waals surface area (Å²) in [6.07, 6.45) is 0. The van der Waals surface area contributed by atoms with Crippen LogP contribution in [0.4, 0.5) is 17.1 Å². The minimum atomic E-state index is -0.881. The van der Waals surface area contributed by atoms with Gasteiger partial charge in [0.1, 0.15) is 0 Å². The van der Waals surface area contributed by atoms with Gasteiger partial charge in [0, 0.05) is 33.4 Å². The fraction of sp³-hybridized carbons (Fsp3) is 0. The van der Waals surface area contributed by atoms with Gasteiger partial charge in [0.15, 0.2) is 0 Å².